The molecule has 1 aliphatic heterocycles. The maximum Gasteiger partial charge on any atom is 0.242 e. The van der Waals surface area contributed by atoms with Gasteiger partial charge in [0.15, 0.2) is 0 Å². The molecule has 5 heteroatoms. The Kier molecular flexibility index (Phi) is 2.95. The normalized spacial score (nSPS) is 19.2. The zero-order chi connectivity index (χ0) is 13.2. The number of aromatic nitrogens is 1. The molecule has 19 heavy (non-hydrogen) atoms. The summed E-state index contributed by atoms with van der Waals surface area (Å²) in [5.74, 6) is 0.0557. The first-order chi connectivity index (χ1) is 9.25. The number of para-hydroxylation sites is 1. The highest BCUT2D eigenvalue weighted by Crippen LogP contribution is 2.26. The number of nitrogen functional groups attached to an aromatic ring is 1. The van der Waals surface area contributed by atoms with E-state index in [0.29, 0.717) is 5.69 Å². The third kappa shape index (κ3) is 2.19. The second kappa shape index (κ2) is 4.76. The highest BCUT2D eigenvalue weighted by molar-refractivity contribution is 5.99. The number of nitrogens with two attached hydrogens (primary N) is 1. The molecule has 1 aromatic heterocycles. The Bertz CT molecular complexity index is 626. The van der Waals surface area contributed by atoms with Crippen LogP contribution in [0.1, 0.15) is 12.8 Å². The Labute approximate surface area is 111 Å². The van der Waals surface area contributed by atoms with Crippen molar-refractivity contribution in [3.8, 4) is 0 Å². The van der Waals surface area contributed by atoms with Crippen molar-refractivity contribution >= 4 is 28.2 Å². The van der Waals surface area contributed by atoms with Crippen LogP contribution in [-0.2, 0) is 4.79 Å². The van der Waals surface area contributed by atoms with Gasteiger partial charge in [-0.1, -0.05) is 12.1 Å². The average Bonchev–Trinajstić information content (AvgIpc) is 2.42. The number of hydrogen-bond donors (Lipinski definition) is 3. The van der Waals surface area contributed by atoms with Gasteiger partial charge in [-0.25, -0.2) is 0 Å². The molecule has 1 amide bonds. The molecule has 1 atom stereocenters. The lowest BCUT2D eigenvalue weighted by molar-refractivity contribution is -0.123. The largest absolute Gasteiger partial charge is 0.397 e. The molecule has 3 rings (SSSR count). The zero-order valence-corrected chi connectivity index (χ0v) is 10.5. The predicted molar refractivity (Wildman–Crippen MR) is 75.8 cm³/mol. The summed E-state index contributed by atoms with van der Waals surface area (Å²) in [7, 11) is 0. The molecular weight excluding hydrogens is 240 g/mol. The van der Waals surface area contributed by atoms with E-state index in [4.69, 9.17) is 5.73 Å². The quantitative estimate of drug-likeness (QED) is 0.711. The Balaban J connectivity index is 1.96. The van der Waals surface area contributed by atoms with Gasteiger partial charge in [0.25, 0.3) is 0 Å². The van der Waals surface area contributed by atoms with Crippen LogP contribution in [-0.4, -0.2) is 23.5 Å². The van der Waals surface area contributed by atoms with Crippen molar-refractivity contribution in [2.75, 3.05) is 17.6 Å². The Morgan fingerprint density at radius 2 is 2.26 bits per heavy atom. The van der Waals surface area contributed by atoms with Gasteiger partial charge in [0, 0.05) is 23.8 Å². The lowest BCUT2D eigenvalue weighted by atomic mass is 10.1. The third-order valence-corrected chi connectivity index (χ3v) is 3.42. The maximum absolute atomic E-state index is 11.8. The fraction of sp³-hybridized carbons (Fsp3) is 0.286. The summed E-state index contributed by atoms with van der Waals surface area (Å²) in [5.41, 5.74) is 8.23. The van der Waals surface area contributed by atoms with Crippen LogP contribution in [0.4, 0.5) is 11.4 Å². The summed E-state index contributed by atoms with van der Waals surface area (Å²) in [5, 5.41) is 7.11. The molecule has 1 saturated heterocycles. The highest BCUT2D eigenvalue weighted by Gasteiger charge is 2.22. The van der Waals surface area contributed by atoms with E-state index in [1.807, 2.05) is 24.3 Å². The second-order valence-electron chi connectivity index (χ2n) is 4.73. The Hall–Kier alpha value is -2.30. The molecular formula is C14H16N4O. The first kappa shape index (κ1) is 11.8. The fourth-order valence-electron chi connectivity index (χ4n) is 2.42. The van der Waals surface area contributed by atoms with E-state index in [9.17, 15) is 4.79 Å². The summed E-state index contributed by atoms with van der Waals surface area (Å²) >= 11 is 0. The van der Waals surface area contributed by atoms with E-state index in [1.54, 1.807) is 6.20 Å². The van der Waals surface area contributed by atoms with Crippen molar-refractivity contribution in [3.05, 3.63) is 30.5 Å². The second-order valence-corrected chi connectivity index (χ2v) is 4.73. The summed E-state index contributed by atoms with van der Waals surface area (Å²) in [6, 6.07) is 7.38. The number of pyridine rings is 1. The van der Waals surface area contributed by atoms with Gasteiger partial charge in [-0.3, -0.25) is 9.78 Å². The molecule has 1 aliphatic rings. The van der Waals surface area contributed by atoms with Crippen molar-refractivity contribution in [3.63, 3.8) is 0 Å². The number of fused-ring (bicyclic) bond motifs is 1. The van der Waals surface area contributed by atoms with Gasteiger partial charge in [-0.05, 0) is 25.0 Å². The van der Waals surface area contributed by atoms with Crippen LogP contribution >= 0.6 is 0 Å². The smallest absolute Gasteiger partial charge is 0.242 e. The molecule has 0 aliphatic carbocycles. The summed E-state index contributed by atoms with van der Waals surface area (Å²) in [4.78, 5) is 16.1. The first-order valence-corrected chi connectivity index (χ1v) is 6.43. The minimum atomic E-state index is -0.180. The SMILES string of the molecule is Nc1cccc2c(NC3CCCNC3=O)ccnc12. The number of piperidine rings is 1. The van der Waals surface area contributed by atoms with Gasteiger partial charge >= 0.3 is 0 Å². The minimum Gasteiger partial charge on any atom is -0.397 e. The topological polar surface area (TPSA) is 80.0 Å². The number of amides is 1. The molecule has 0 spiro atoms. The molecule has 2 heterocycles. The number of carbonyl (C=O) groups excluding carboxylic acids is 1. The molecule has 0 bridgehead atoms. The van der Waals surface area contributed by atoms with Crippen LogP contribution in [0.15, 0.2) is 30.5 Å². The lowest BCUT2D eigenvalue weighted by Gasteiger charge is -2.24. The van der Waals surface area contributed by atoms with Gasteiger partial charge < -0.3 is 16.4 Å². The van der Waals surface area contributed by atoms with Crippen molar-refractivity contribution < 1.29 is 4.79 Å². The van der Waals surface area contributed by atoms with Crippen LogP contribution in [0, 0.1) is 0 Å². The zero-order valence-electron chi connectivity index (χ0n) is 10.5. The minimum absolute atomic E-state index is 0.0557. The van der Waals surface area contributed by atoms with Crippen LogP contribution in [0.3, 0.4) is 0 Å². The van der Waals surface area contributed by atoms with Crippen LogP contribution in [0.25, 0.3) is 10.9 Å². The molecule has 0 saturated carbocycles. The van der Waals surface area contributed by atoms with Crippen LogP contribution in [0.5, 0.6) is 0 Å². The van der Waals surface area contributed by atoms with E-state index in [0.717, 1.165) is 36.0 Å². The summed E-state index contributed by atoms with van der Waals surface area (Å²) in [6.45, 7) is 0.765. The highest BCUT2D eigenvalue weighted by atomic mass is 16.2. The predicted octanol–water partition coefficient (Wildman–Crippen LogP) is 1.51. The fourth-order valence-corrected chi connectivity index (χ4v) is 2.42. The molecule has 1 aromatic carbocycles. The number of benzene rings is 1. The van der Waals surface area contributed by atoms with E-state index in [2.05, 4.69) is 15.6 Å². The van der Waals surface area contributed by atoms with Gasteiger partial charge in [-0.15, -0.1) is 0 Å². The van der Waals surface area contributed by atoms with Crippen molar-refractivity contribution in [1.82, 2.24) is 10.3 Å². The average molecular weight is 256 g/mol. The van der Waals surface area contributed by atoms with Gasteiger partial charge in [-0.2, -0.15) is 0 Å². The van der Waals surface area contributed by atoms with Gasteiger partial charge in [0.1, 0.15) is 6.04 Å². The monoisotopic (exact) mass is 256 g/mol. The summed E-state index contributed by atoms with van der Waals surface area (Å²) in [6.07, 6.45) is 3.55. The standard InChI is InChI=1S/C14H16N4O/c15-10-4-1-3-9-11(6-8-16-13(9)10)18-12-5-2-7-17-14(12)19/h1,3-4,6,8,12H,2,5,7,15H2,(H,16,18)(H,17,19). The third-order valence-electron chi connectivity index (χ3n) is 3.42. The number of hydrogen-bond acceptors (Lipinski definition) is 4. The van der Waals surface area contributed by atoms with E-state index in [-0.39, 0.29) is 11.9 Å². The Morgan fingerprint density at radius 3 is 3.11 bits per heavy atom. The molecule has 98 valence electrons. The van der Waals surface area contributed by atoms with Crippen molar-refractivity contribution in [2.24, 2.45) is 0 Å². The number of rotatable bonds is 2. The molecule has 2 aromatic rings. The van der Waals surface area contributed by atoms with Crippen molar-refractivity contribution in [1.29, 1.82) is 0 Å². The van der Waals surface area contributed by atoms with Gasteiger partial charge in [0.05, 0.1) is 11.2 Å². The molecule has 0 radical (unpaired) electrons. The van der Waals surface area contributed by atoms with E-state index < -0.39 is 0 Å². The maximum atomic E-state index is 11.8. The van der Waals surface area contributed by atoms with Crippen LogP contribution in [0.2, 0.25) is 0 Å². The number of nitrogens with zero attached hydrogens (tertiary/aromatic N) is 1. The molecule has 1 fully saturated rings. The number of nitrogens with one attached hydrogen (secondary N) is 2. The number of anilines is 2. The molecule has 1 unspecified atom stereocenters. The first-order valence-electron chi connectivity index (χ1n) is 6.43. The molecule has 5 nitrogen and oxygen atoms in total. The summed E-state index contributed by atoms with van der Waals surface area (Å²) < 4.78 is 0. The number of carbonyl (C=O) groups is 1. The lowest BCUT2D eigenvalue weighted by Crippen LogP contribution is -2.44. The van der Waals surface area contributed by atoms with E-state index in [1.165, 1.54) is 0 Å². The Morgan fingerprint density at radius 1 is 1.37 bits per heavy atom. The van der Waals surface area contributed by atoms with Gasteiger partial charge in [0.2, 0.25) is 5.91 Å². The molecule has 4 N–H and O–H groups in total. The van der Waals surface area contributed by atoms with Crippen molar-refractivity contribution in [2.45, 2.75) is 18.9 Å². The van der Waals surface area contributed by atoms with E-state index >= 15 is 0 Å². The van der Waals surface area contributed by atoms with Crippen LogP contribution < -0.4 is 16.4 Å².